The van der Waals surface area contributed by atoms with Gasteiger partial charge in [-0.25, -0.2) is 4.79 Å². The third kappa shape index (κ3) is 4.20. The number of nitrogens with one attached hydrogen (secondary N) is 1. The molecule has 1 unspecified atom stereocenters. The minimum Gasteiger partial charge on any atom is -0.478 e. The summed E-state index contributed by atoms with van der Waals surface area (Å²) in [5, 5.41) is 11.8. The van der Waals surface area contributed by atoms with Gasteiger partial charge in [0.2, 0.25) is 5.91 Å². The van der Waals surface area contributed by atoms with Crippen LogP contribution in [-0.2, 0) is 4.79 Å². The number of carboxylic acid groups (broad SMARTS) is 1. The van der Waals surface area contributed by atoms with Gasteiger partial charge in [0, 0.05) is 16.4 Å². The largest absolute Gasteiger partial charge is 0.478 e. The lowest BCUT2D eigenvalue weighted by atomic mass is 9.96. The molecule has 0 bridgehead atoms. The van der Waals surface area contributed by atoms with Gasteiger partial charge in [-0.05, 0) is 64.7 Å². The monoisotopic (exact) mass is 388 g/mol. The first-order chi connectivity index (χ1) is 11.5. The van der Waals surface area contributed by atoms with Crippen molar-refractivity contribution in [3.05, 3.63) is 58.3 Å². The van der Waals surface area contributed by atoms with E-state index in [0.717, 1.165) is 29.4 Å². The highest BCUT2D eigenvalue weighted by Gasteiger charge is 2.31. The molecule has 2 N–H and O–H groups in total. The van der Waals surface area contributed by atoms with Crippen LogP contribution in [0.3, 0.4) is 0 Å². The smallest absolute Gasteiger partial charge is 0.335 e. The van der Waals surface area contributed by atoms with Gasteiger partial charge in [-0.15, -0.1) is 0 Å². The summed E-state index contributed by atoms with van der Waals surface area (Å²) in [7, 11) is 0. The molecule has 3 rings (SSSR count). The standard InChI is InChI=1S/C18H17BrN2O3/c19-13-5-8-16(20-10-13)15(9-11-1-2-11)17(22)21-14-6-3-12(4-7-14)18(23)24/h3-8,10-11,15H,1-2,9H2,(H,21,22)(H,23,24). The minimum absolute atomic E-state index is 0.111. The van der Waals surface area contributed by atoms with Crippen LogP contribution in [0.4, 0.5) is 5.69 Å². The lowest BCUT2D eigenvalue weighted by Crippen LogP contribution is -2.22. The zero-order valence-corrected chi connectivity index (χ0v) is 14.5. The van der Waals surface area contributed by atoms with Crippen molar-refractivity contribution in [1.82, 2.24) is 4.98 Å². The quantitative estimate of drug-likeness (QED) is 0.781. The van der Waals surface area contributed by atoms with E-state index in [4.69, 9.17) is 5.11 Å². The van der Waals surface area contributed by atoms with Gasteiger partial charge in [0.25, 0.3) is 0 Å². The fourth-order valence-electron chi connectivity index (χ4n) is 2.57. The highest BCUT2D eigenvalue weighted by atomic mass is 79.9. The molecule has 1 heterocycles. The van der Waals surface area contributed by atoms with Crippen molar-refractivity contribution in [2.24, 2.45) is 5.92 Å². The first-order valence-electron chi connectivity index (χ1n) is 7.78. The summed E-state index contributed by atoms with van der Waals surface area (Å²) in [5.41, 5.74) is 1.53. The molecule has 124 valence electrons. The minimum atomic E-state index is -0.987. The lowest BCUT2D eigenvalue weighted by molar-refractivity contribution is -0.117. The van der Waals surface area contributed by atoms with Crippen molar-refractivity contribution in [2.45, 2.75) is 25.2 Å². The van der Waals surface area contributed by atoms with Gasteiger partial charge in [-0.2, -0.15) is 0 Å². The van der Waals surface area contributed by atoms with E-state index >= 15 is 0 Å². The Kier molecular flexibility index (Phi) is 4.94. The van der Waals surface area contributed by atoms with Crippen LogP contribution in [0.25, 0.3) is 0 Å². The maximum absolute atomic E-state index is 12.7. The predicted octanol–water partition coefficient (Wildman–Crippen LogP) is 4.06. The van der Waals surface area contributed by atoms with Gasteiger partial charge in [0.05, 0.1) is 17.2 Å². The van der Waals surface area contributed by atoms with Crippen LogP contribution in [0.1, 0.15) is 41.2 Å². The first-order valence-corrected chi connectivity index (χ1v) is 8.58. The summed E-state index contributed by atoms with van der Waals surface area (Å²) in [6.45, 7) is 0. The molecule has 0 aliphatic heterocycles. The molecular weight excluding hydrogens is 372 g/mol. The average molecular weight is 389 g/mol. The molecule has 2 aromatic rings. The molecule has 1 aliphatic carbocycles. The number of amides is 1. The van der Waals surface area contributed by atoms with Gasteiger partial charge >= 0.3 is 5.97 Å². The maximum Gasteiger partial charge on any atom is 0.335 e. The number of rotatable bonds is 6. The number of nitrogens with zero attached hydrogens (tertiary/aromatic N) is 1. The molecule has 6 heteroatoms. The summed E-state index contributed by atoms with van der Waals surface area (Å²) < 4.78 is 0.876. The summed E-state index contributed by atoms with van der Waals surface area (Å²) in [4.78, 5) is 28.0. The fraction of sp³-hybridized carbons (Fsp3) is 0.278. The van der Waals surface area contributed by atoms with E-state index < -0.39 is 5.97 Å². The van der Waals surface area contributed by atoms with Gasteiger partial charge in [-0.3, -0.25) is 9.78 Å². The van der Waals surface area contributed by atoms with Crippen LogP contribution in [0.5, 0.6) is 0 Å². The third-order valence-electron chi connectivity index (χ3n) is 4.09. The maximum atomic E-state index is 12.7. The topological polar surface area (TPSA) is 79.3 Å². The van der Waals surface area contributed by atoms with Gasteiger partial charge in [0.15, 0.2) is 0 Å². The van der Waals surface area contributed by atoms with E-state index in [0.29, 0.717) is 11.6 Å². The van der Waals surface area contributed by atoms with Crippen LogP contribution in [0, 0.1) is 5.92 Å². The van der Waals surface area contributed by atoms with Crippen molar-refractivity contribution >= 4 is 33.5 Å². The second-order valence-electron chi connectivity index (χ2n) is 6.00. The number of aromatic carboxylic acids is 1. The van der Waals surface area contributed by atoms with Crippen molar-refractivity contribution < 1.29 is 14.7 Å². The van der Waals surface area contributed by atoms with E-state index in [1.165, 1.54) is 12.1 Å². The van der Waals surface area contributed by atoms with E-state index in [2.05, 4.69) is 26.2 Å². The molecule has 1 fully saturated rings. The molecular formula is C18H17BrN2O3. The van der Waals surface area contributed by atoms with Crippen LogP contribution in [0.2, 0.25) is 0 Å². The second-order valence-corrected chi connectivity index (χ2v) is 6.92. The molecule has 1 aromatic heterocycles. The van der Waals surface area contributed by atoms with Crippen molar-refractivity contribution in [3.8, 4) is 0 Å². The number of benzene rings is 1. The van der Waals surface area contributed by atoms with Crippen LogP contribution < -0.4 is 5.32 Å². The van der Waals surface area contributed by atoms with E-state index in [1.807, 2.05) is 12.1 Å². The Hall–Kier alpha value is -2.21. The normalized spacial score (nSPS) is 14.9. The molecule has 1 saturated carbocycles. The number of carboxylic acids is 1. The highest BCUT2D eigenvalue weighted by molar-refractivity contribution is 9.10. The molecule has 1 aliphatic rings. The van der Waals surface area contributed by atoms with Crippen molar-refractivity contribution in [2.75, 3.05) is 5.32 Å². The number of carbonyl (C=O) groups excluding carboxylic acids is 1. The summed E-state index contributed by atoms with van der Waals surface area (Å²) in [6, 6.07) is 9.91. The lowest BCUT2D eigenvalue weighted by Gasteiger charge is -2.16. The average Bonchev–Trinajstić information content (AvgIpc) is 3.38. The zero-order valence-electron chi connectivity index (χ0n) is 12.9. The van der Waals surface area contributed by atoms with E-state index in [-0.39, 0.29) is 17.4 Å². The number of pyridine rings is 1. The summed E-state index contributed by atoms with van der Waals surface area (Å²) in [5.74, 6) is -0.816. The predicted molar refractivity (Wildman–Crippen MR) is 94.1 cm³/mol. The fourth-order valence-corrected chi connectivity index (χ4v) is 2.80. The molecule has 1 atom stereocenters. The summed E-state index contributed by atoms with van der Waals surface area (Å²) >= 11 is 3.36. The molecule has 0 radical (unpaired) electrons. The van der Waals surface area contributed by atoms with Crippen molar-refractivity contribution in [1.29, 1.82) is 0 Å². The molecule has 0 saturated heterocycles. The van der Waals surface area contributed by atoms with Crippen molar-refractivity contribution in [3.63, 3.8) is 0 Å². The van der Waals surface area contributed by atoms with E-state index in [1.54, 1.807) is 18.3 Å². The number of aromatic nitrogens is 1. The molecule has 0 spiro atoms. The van der Waals surface area contributed by atoms with Crippen LogP contribution in [-0.4, -0.2) is 22.0 Å². The van der Waals surface area contributed by atoms with Gasteiger partial charge in [0.1, 0.15) is 0 Å². The number of hydrogen-bond acceptors (Lipinski definition) is 3. The number of hydrogen-bond donors (Lipinski definition) is 2. The zero-order chi connectivity index (χ0) is 17.1. The van der Waals surface area contributed by atoms with E-state index in [9.17, 15) is 9.59 Å². The Labute approximate surface area is 148 Å². The third-order valence-corrected chi connectivity index (χ3v) is 4.56. The molecule has 1 amide bonds. The Morgan fingerprint density at radius 3 is 2.46 bits per heavy atom. The SMILES string of the molecule is O=C(O)c1ccc(NC(=O)C(CC2CC2)c2ccc(Br)cn2)cc1. The Morgan fingerprint density at radius 2 is 1.92 bits per heavy atom. The highest BCUT2D eigenvalue weighted by Crippen LogP contribution is 2.38. The number of carbonyl (C=O) groups is 2. The van der Waals surface area contributed by atoms with Crippen LogP contribution in [0.15, 0.2) is 47.1 Å². The molecule has 24 heavy (non-hydrogen) atoms. The Morgan fingerprint density at radius 1 is 1.21 bits per heavy atom. The number of halogens is 1. The summed E-state index contributed by atoms with van der Waals surface area (Å²) in [6.07, 6.45) is 4.80. The first kappa shape index (κ1) is 16.6. The van der Waals surface area contributed by atoms with Gasteiger partial charge in [-0.1, -0.05) is 12.8 Å². The molecule has 1 aromatic carbocycles. The number of anilines is 1. The Bertz CT molecular complexity index is 740. The Balaban J connectivity index is 1.75. The van der Waals surface area contributed by atoms with Crippen LogP contribution >= 0.6 is 15.9 Å². The molecule has 5 nitrogen and oxygen atoms in total. The second kappa shape index (κ2) is 7.13. The van der Waals surface area contributed by atoms with Gasteiger partial charge < -0.3 is 10.4 Å².